The third kappa shape index (κ3) is 4.05. The third-order valence-corrected chi connectivity index (χ3v) is 1.38. The lowest BCUT2D eigenvalue weighted by Crippen LogP contribution is -2.33. The van der Waals surface area contributed by atoms with Crippen LogP contribution >= 0.6 is 0 Å². The Morgan fingerprint density at radius 1 is 1.67 bits per heavy atom. The maximum atomic E-state index is 5.67. The van der Waals surface area contributed by atoms with Crippen molar-refractivity contribution in [2.75, 3.05) is 0 Å². The van der Waals surface area contributed by atoms with Crippen LogP contribution in [0.3, 0.4) is 0 Å². The zero-order chi connectivity index (χ0) is 7.33. The van der Waals surface area contributed by atoms with Crippen molar-refractivity contribution >= 4 is 0 Å². The Morgan fingerprint density at radius 2 is 2.22 bits per heavy atom. The first kappa shape index (κ1) is 8.52. The summed E-state index contributed by atoms with van der Waals surface area (Å²) in [6.07, 6.45) is 8.39. The lowest BCUT2D eigenvalue weighted by Gasteiger charge is -2.15. The molecule has 0 saturated heterocycles. The average Bonchev–Trinajstić information content (AvgIpc) is 1.84. The molecule has 0 saturated carbocycles. The Hall–Kier alpha value is -0.480. The quantitative estimate of drug-likeness (QED) is 0.569. The van der Waals surface area contributed by atoms with E-state index in [0.29, 0.717) is 0 Å². The van der Waals surface area contributed by atoms with Gasteiger partial charge in [0.05, 0.1) is 5.54 Å². The van der Waals surface area contributed by atoms with Gasteiger partial charge in [0.2, 0.25) is 0 Å². The summed E-state index contributed by atoms with van der Waals surface area (Å²) in [7, 11) is 0. The lowest BCUT2D eigenvalue weighted by molar-refractivity contribution is 0.523. The summed E-state index contributed by atoms with van der Waals surface area (Å²) in [5, 5.41) is 0. The molecular formula is C8H15N. The molecule has 0 aromatic carbocycles. The molecule has 0 unspecified atom stereocenters. The summed E-state index contributed by atoms with van der Waals surface area (Å²) in [5.41, 5.74) is 5.29. The van der Waals surface area contributed by atoms with E-state index in [2.05, 4.69) is 12.8 Å². The van der Waals surface area contributed by atoms with Gasteiger partial charge in [0.25, 0.3) is 0 Å². The van der Waals surface area contributed by atoms with Gasteiger partial charge >= 0.3 is 0 Å². The zero-order valence-corrected chi connectivity index (χ0v) is 6.28. The molecule has 9 heavy (non-hydrogen) atoms. The van der Waals surface area contributed by atoms with Crippen LogP contribution in [-0.4, -0.2) is 5.54 Å². The minimum Gasteiger partial charge on any atom is -0.315 e. The van der Waals surface area contributed by atoms with Crippen molar-refractivity contribution in [3.8, 4) is 12.3 Å². The van der Waals surface area contributed by atoms with Crippen molar-refractivity contribution in [2.24, 2.45) is 5.73 Å². The Kier molecular flexibility index (Phi) is 3.34. The van der Waals surface area contributed by atoms with Gasteiger partial charge in [-0.3, -0.25) is 0 Å². The molecule has 0 spiro atoms. The second-order valence-electron chi connectivity index (χ2n) is 2.67. The first-order valence-corrected chi connectivity index (χ1v) is 3.39. The molecule has 1 atom stereocenters. The highest BCUT2D eigenvalue weighted by Gasteiger charge is 2.11. The molecule has 0 radical (unpaired) electrons. The number of nitrogens with two attached hydrogens (primary N) is 1. The largest absolute Gasteiger partial charge is 0.315 e. The van der Waals surface area contributed by atoms with Crippen LogP contribution in [0.1, 0.15) is 33.1 Å². The monoisotopic (exact) mass is 125 g/mol. The highest BCUT2D eigenvalue weighted by atomic mass is 14.7. The maximum Gasteiger partial charge on any atom is 0.0744 e. The van der Waals surface area contributed by atoms with Crippen LogP contribution in [0.4, 0.5) is 0 Å². The van der Waals surface area contributed by atoms with Gasteiger partial charge in [-0.05, 0) is 13.3 Å². The first-order chi connectivity index (χ1) is 4.12. The Morgan fingerprint density at radius 3 is 2.56 bits per heavy atom. The standard InChI is InChI=1S/C8H15N/c1-4-6-7-8(3,9)5-2/h2H,4,6-7,9H2,1,3H3/t8-/m0/s1. The number of rotatable bonds is 3. The summed E-state index contributed by atoms with van der Waals surface area (Å²) in [6, 6.07) is 0. The van der Waals surface area contributed by atoms with E-state index >= 15 is 0 Å². The van der Waals surface area contributed by atoms with Crippen molar-refractivity contribution in [1.82, 2.24) is 0 Å². The van der Waals surface area contributed by atoms with E-state index in [0.717, 1.165) is 19.3 Å². The van der Waals surface area contributed by atoms with Crippen LogP contribution < -0.4 is 5.73 Å². The summed E-state index contributed by atoms with van der Waals surface area (Å²) in [5.74, 6) is 2.55. The van der Waals surface area contributed by atoms with Crippen molar-refractivity contribution in [1.29, 1.82) is 0 Å². The van der Waals surface area contributed by atoms with Crippen molar-refractivity contribution in [2.45, 2.75) is 38.6 Å². The molecule has 0 aliphatic heterocycles. The van der Waals surface area contributed by atoms with Gasteiger partial charge in [0.1, 0.15) is 0 Å². The van der Waals surface area contributed by atoms with E-state index in [4.69, 9.17) is 12.2 Å². The van der Waals surface area contributed by atoms with Gasteiger partial charge in [-0.2, -0.15) is 0 Å². The van der Waals surface area contributed by atoms with Crippen LogP contribution in [0.25, 0.3) is 0 Å². The fraction of sp³-hybridized carbons (Fsp3) is 0.750. The molecule has 0 heterocycles. The maximum absolute atomic E-state index is 5.67. The summed E-state index contributed by atoms with van der Waals surface area (Å²) >= 11 is 0. The molecular weight excluding hydrogens is 110 g/mol. The minimum absolute atomic E-state index is 0.379. The molecule has 0 aromatic heterocycles. The Bertz CT molecular complexity index is 108. The lowest BCUT2D eigenvalue weighted by atomic mass is 9.98. The molecule has 1 nitrogen and oxygen atoms in total. The summed E-state index contributed by atoms with van der Waals surface area (Å²) in [4.78, 5) is 0. The molecule has 0 aromatic rings. The van der Waals surface area contributed by atoms with Gasteiger partial charge in [-0.15, -0.1) is 6.42 Å². The first-order valence-electron chi connectivity index (χ1n) is 3.39. The van der Waals surface area contributed by atoms with E-state index in [1.807, 2.05) is 6.92 Å². The van der Waals surface area contributed by atoms with Crippen LogP contribution in [0.2, 0.25) is 0 Å². The van der Waals surface area contributed by atoms with Crippen molar-refractivity contribution in [3.63, 3.8) is 0 Å². The summed E-state index contributed by atoms with van der Waals surface area (Å²) < 4.78 is 0. The van der Waals surface area contributed by atoms with E-state index in [1.54, 1.807) is 0 Å². The smallest absolute Gasteiger partial charge is 0.0744 e. The molecule has 0 rings (SSSR count). The SMILES string of the molecule is C#C[C@](C)(N)CCCC. The van der Waals surface area contributed by atoms with Crippen molar-refractivity contribution < 1.29 is 0 Å². The van der Waals surface area contributed by atoms with Gasteiger partial charge in [0, 0.05) is 0 Å². The molecule has 52 valence electrons. The van der Waals surface area contributed by atoms with Crippen LogP contribution in [0, 0.1) is 12.3 Å². The second-order valence-corrected chi connectivity index (χ2v) is 2.67. The molecule has 0 bridgehead atoms. The highest BCUT2D eigenvalue weighted by molar-refractivity contribution is 5.07. The highest BCUT2D eigenvalue weighted by Crippen LogP contribution is 2.07. The zero-order valence-electron chi connectivity index (χ0n) is 6.28. The normalized spacial score (nSPS) is 16.2. The number of hydrogen-bond acceptors (Lipinski definition) is 1. The molecule has 1 heteroatoms. The second kappa shape index (κ2) is 3.53. The predicted molar refractivity (Wildman–Crippen MR) is 41.0 cm³/mol. The van der Waals surface area contributed by atoms with Crippen LogP contribution in [0.15, 0.2) is 0 Å². The molecule has 0 fully saturated rings. The van der Waals surface area contributed by atoms with Gasteiger partial charge < -0.3 is 5.73 Å². The Balaban J connectivity index is 3.49. The molecule has 0 aliphatic rings. The Labute approximate surface area is 57.6 Å². The third-order valence-electron chi connectivity index (χ3n) is 1.38. The number of hydrogen-bond donors (Lipinski definition) is 1. The van der Waals surface area contributed by atoms with E-state index in [1.165, 1.54) is 0 Å². The molecule has 0 aliphatic carbocycles. The number of terminal acetylenes is 1. The van der Waals surface area contributed by atoms with E-state index < -0.39 is 0 Å². The van der Waals surface area contributed by atoms with Crippen LogP contribution in [-0.2, 0) is 0 Å². The van der Waals surface area contributed by atoms with Gasteiger partial charge in [-0.1, -0.05) is 25.7 Å². The van der Waals surface area contributed by atoms with Crippen molar-refractivity contribution in [3.05, 3.63) is 0 Å². The minimum atomic E-state index is -0.379. The predicted octanol–water partition coefficient (Wildman–Crippen LogP) is 1.53. The fourth-order valence-corrected chi connectivity index (χ4v) is 0.616. The van der Waals surface area contributed by atoms with Crippen LogP contribution in [0.5, 0.6) is 0 Å². The topological polar surface area (TPSA) is 26.0 Å². The molecule has 2 N–H and O–H groups in total. The average molecular weight is 125 g/mol. The molecule has 0 amide bonds. The van der Waals surface area contributed by atoms with Gasteiger partial charge in [0.15, 0.2) is 0 Å². The number of unbranched alkanes of at least 4 members (excludes halogenated alkanes) is 1. The fourth-order valence-electron chi connectivity index (χ4n) is 0.616. The van der Waals surface area contributed by atoms with Gasteiger partial charge in [-0.25, -0.2) is 0 Å². The van der Waals surface area contributed by atoms with E-state index in [-0.39, 0.29) is 5.54 Å². The van der Waals surface area contributed by atoms with E-state index in [9.17, 15) is 0 Å². The summed E-state index contributed by atoms with van der Waals surface area (Å²) in [6.45, 7) is 4.02.